The largest absolute Gasteiger partial charge is 0.481 e. The van der Waals surface area contributed by atoms with Crippen LogP contribution < -0.4 is 0 Å². The van der Waals surface area contributed by atoms with E-state index in [-0.39, 0.29) is 30.2 Å². The van der Waals surface area contributed by atoms with Gasteiger partial charge in [0.15, 0.2) is 11.9 Å². The Bertz CT molecular complexity index is 964. The van der Waals surface area contributed by atoms with E-state index in [1.54, 1.807) is 0 Å². The van der Waals surface area contributed by atoms with Crippen LogP contribution >= 0.6 is 23.2 Å². The molecule has 29 heavy (non-hydrogen) atoms. The first-order valence-corrected chi connectivity index (χ1v) is 9.34. The fraction of sp³-hybridized carbons (Fsp3) is 0.471. The molecule has 0 amide bonds. The van der Waals surface area contributed by atoms with Gasteiger partial charge in [-0.2, -0.15) is 5.10 Å². The summed E-state index contributed by atoms with van der Waals surface area (Å²) in [6.07, 6.45) is -1.11. The van der Waals surface area contributed by atoms with Crippen molar-refractivity contribution >= 4 is 52.1 Å². The van der Waals surface area contributed by atoms with Crippen molar-refractivity contribution in [2.75, 3.05) is 6.61 Å². The maximum absolute atomic E-state index is 11.5. The number of hydrogen-bond acceptors (Lipinski definition) is 7. The molecule has 2 N–H and O–H groups in total. The molecule has 0 aliphatic carbocycles. The van der Waals surface area contributed by atoms with E-state index in [1.807, 2.05) is 0 Å². The van der Waals surface area contributed by atoms with Gasteiger partial charge in [-0.05, 0) is 6.07 Å². The van der Waals surface area contributed by atoms with E-state index in [0.717, 1.165) is 0 Å². The molecule has 0 radical (unpaired) electrons. The molecule has 1 fully saturated rings. The smallest absolute Gasteiger partial charge is 0.303 e. The van der Waals surface area contributed by atoms with Gasteiger partial charge in [-0.1, -0.05) is 23.2 Å². The van der Waals surface area contributed by atoms with Crippen LogP contribution in [0.1, 0.15) is 26.0 Å². The minimum absolute atomic E-state index is 0.107. The molecule has 3 heterocycles. The molecule has 2 aromatic heterocycles. The second kappa shape index (κ2) is 8.52. The van der Waals surface area contributed by atoms with Crippen LogP contribution in [0, 0.1) is 11.8 Å². The Hall–Kier alpha value is -2.43. The Morgan fingerprint density at radius 1 is 1.21 bits per heavy atom. The first-order valence-electron chi connectivity index (χ1n) is 8.59. The van der Waals surface area contributed by atoms with Gasteiger partial charge in [0.2, 0.25) is 0 Å². The Morgan fingerprint density at radius 2 is 1.86 bits per heavy atom. The molecule has 10 nitrogen and oxygen atoms in total. The fourth-order valence-electron chi connectivity index (χ4n) is 3.55. The van der Waals surface area contributed by atoms with Crippen molar-refractivity contribution in [1.29, 1.82) is 0 Å². The number of nitrogens with zero attached hydrogens (tertiary/aromatic N) is 3. The lowest BCUT2D eigenvalue weighted by molar-refractivity contribution is -0.147. The van der Waals surface area contributed by atoms with Crippen molar-refractivity contribution in [3.05, 3.63) is 22.4 Å². The van der Waals surface area contributed by atoms with Crippen LogP contribution in [0.5, 0.6) is 0 Å². The maximum Gasteiger partial charge on any atom is 0.303 e. The Kier molecular flexibility index (Phi) is 6.25. The van der Waals surface area contributed by atoms with Gasteiger partial charge < -0.3 is 19.7 Å². The number of rotatable bonds is 7. The summed E-state index contributed by atoms with van der Waals surface area (Å²) in [4.78, 5) is 38.3. The molecule has 2 aromatic rings. The van der Waals surface area contributed by atoms with E-state index in [2.05, 4.69) is 10.1 Å². The summed E-state index contributed by atoms with van der Waals surface area (Å²) in [6.45, 7) is 0.996. The van der Waals surface area contributed by atoms with Crippen molar-refractivity contribution in [1.82, 2.24) is 14.8 Å². The Morgan fingerprint density at radius 3 is 2.48 bits per heavy atom. The molecule has 4 atom stereocenters. The van der Waals surface area contributed by atoms with E-state index < -0.39 is 42.1 Å². The number of hydrogen-bond donors (Lipinski definition) is 2. The summed E-state index contributed by atoms with van der Waals surface area (Å²) in [7, 11) is 0. The van der Waals surface area contributed by atoms with Gasteiger partial charge in [0.1, 0.15) is 11.8 Å². The average Bonchev–Trinajstić information content (AvgIpc) is 3.15. The number of carboxylic acid groups (broad SMARTS) is 2. The van der Waals surface area contributed by atoms with E-state index in [0.29, 0.717) is 10.4 Å². The second-order valence-corrected chi connectivity index (χ2v) is 7.44. The third-order valence-corrected chi connectivity index (χ3v) is 5.21. The van der Waals surface area contributed by atoms with E-state index in [1.165, 1.54) is 23.9 Å². The van der Waals surface area contributed by atoms with Crippen molar-refractivity contribution in [3.63, 3.8) is 0 Å². The highest BCUT2D eigenvalue weighted by Gasteiger charge is 2.48. The summed E-state index contributed by atoms with van der Waals surface area (Å²) in [5.74, 6) is -4.33. The lowest BCUT2D eigenvalue weighted by atomic mass is 9.84. The monoisotopic (exact) mass is 445 g/mol. The number of carbonyl (C=O) groups excluding carboxylic acids is 1. The van der Waals surface area contributed by atoms with Crippen LogP contribution in [0.4, 0.5) is 0 Å². The number of pyridine rings is 1. The minimum Gasteiger partial charge on any atom is -0.481 e. The van der Waals surface area contributed by atoms with Crippen LogP contribution in [0.25, 0.3) is 11.0 Å². The Labute approximate surface area is 174 Å². The molecule has 0 aromatic carbocycles. The zero-order chi connectivity index (χ0) is 21.3. The third-order valence-electron chi connectivity index (χ3n) is 4.71. The predicted molar refractivity (Wildman–Crippen MR) is 99.6 cm³/mol. The number of fused-ring (bicyclic) bond motifs is 1. The van der Waals surface area contributed by atoms with Gasteiger partial charge in [-0.25, -0.2) is 9.67 Å². The molecule has 1 saturated heterocycles. The van der Waals surface area contributed by atoms with Crippen LogP contribution in [-0.2, 0) is 23.9 Å². The number of halogens is 2. The van der Waals surface area contributed by atoms with Crippen LogP contribution in [-0.4, -0.2) is 55.6 Å². The molecule has 0 bridgehead atoms. The first-order chi connectivity index (χ1) is 13.7. The highest BCUT2D eigenvalue weighted by Crippen LogP contribution is 2.44. The number of carboxylic acids is 2. The molecule has 1 aliphatic rings. The summed E-state index contributed by atoms with van der Waals surface area (Å²) in [6, 6.07) is 1.44. The van der Waals surface area contributed by atoms with Crippen molar-refractivity contribution in [2.45, 2.75) is 32.1 Å². The van der Waals surface area contributed by atoms with Gasteiger partial charge in [0.05, 0.1) is 35.6 Å². The standard InChI is InChI=1S/C17H17Cl2N3O7/c1-7(23)28-6-12-8(2-14(24)25)9(3-15(26)27)17(29-12)22-16-10(5-20-22)11(18)4-13(19)21-16/h4-5,8-9,12,17H,2-3,6H2,1H3,(H,24,25)(H,26,27)/t8-,9-,12+,17-/m1/s1. The average molecular weight is 446 g/mol. The van der Waals surface area contributed by atoms with E-state index in [4.69, 9.17) is 32.7 Å². The molecule has 1 aliphatic heterocycles. The van der Waals surface area contributed by atoms with E-state index in [9.17, 15) is 24.6 Å². The minimum atomic E-state index is -1.13. The Balaban J connectivity index is 2.04. The molecule has 0 saturated carbocycles. The molecule has 0 spiro atoms. The summed E-state index contributed by atoms with van der Waals surface area (Å²) in [5, 5.41) is 23.8. The second-order valence-electron chi connectivity index (χ2n) is 6.64. The van der Waals surface area contributed by atoms with Crippen LogP contribution in [0.3, 0.4) is 0 Å². The molecule has 12 heteroatoms. The summed E-state index contributed by atoms with van der Waals surface area (Å²) in [5.41, 5.74) is 0.269. The predicted octanol–water partition coefficient (Wildman–Crippen LogP) is 2.38. The van der Waals surface area contributed by atoms with Crippen LogP contribution in [0.2, 0.25) is 10.2 Å². The zero-order valence-electron chi connectivity index (χ0n) is 15.1. The molecule has 3 rings (SSSR count). The summed E-state index contributed by atoms with van der Waals surface area (Å²) < 4.78 is 12.3. The SMILES string of the molecule is CC(=O)OC[C@@H]1O[C@@H](n2ncc3c(Cl)cc(Cl)nc32)[C@H](CC(=O)O)[C@H]1CC(=O)O. The summed E-state index contributed by atoms with van der Waals surface area (Å²) >= 11 is 12.2. The first kappa shape index (κ1) is 21.3. The number of aliphatic carboxylic acids is 2. The van der Waals surface area contributed by atoms with Crippen molar-refractivity contribution in [2.24, 2.45) is 11.8 Å². The fourth-order valence-corrected chi connectivity index (χ4v) is 4.03. The van der Waals surface area contributed by atoms with Gasteiger partial charge >= 0.3 is 17.9 Å². The number of ether oxygens (including phenoxy) is 2. The third kappa shape index (κ3) is 4.60. The zero-order valence-corrected chi connectivity index (χ0v) is 16.6. The molecular weight excluding hydrogens is 429 g/mol. The lowest BCUT2D eigenvalue weighted by Gasteiger charge is -2.21. The van der Waals surface area contributed by atoms with Gasteiger partial charge in [-0.3, -0.25) is 14.4 Å². The van der Waals surface area contributed by atoms with Crippen molar-refractivity contribution < 1.29 is 34.1 Å². The van der Waals surface area contributed by atoms with E-state index >= 15 is 0 Å². The van der Waals surface area contributed by atoms with Gasteiger partial charge in [0, 0.05) is 18.8 Å². The number of esters is 1. The highest BCUT2D eigenvalue weighted by atomic mass is 35.5. The highest BCUT2D eigenvalue weighted by molar-refractivity contribution is 6.37. The topological polar surface area (TPSA) is 141 Å². The molecular formula is C17H17Cl2N3O7. The number of aromatic nitrogens is 3. The maximum atomic E-state index is 11.5. The number of carbonyl (C=O) groups is 3. The van der Waals surface area contributed by atoms with Gasteiger partial charge in [0.25, 0.3) is 0 Å². The molecule has 0 unspecified atom stereocenters. The van der Waals surface area contributed by atoms with Gasteiger partial charge in [-0.15, -0.1) is 0 Å². The van der Waals surface area contributed by atoms with Crippen molar-refractivity contribution in [3.8, 4) is 0 Å². The van der Waals surface area contributed by atoms with Crippen LogP contribution in [0.15, 0.2) is 12.3 Å². The quantitative estimate of drug-likeness (QED) is 0.484. The normalized spacial score (nSPS) is 24.0. The molecule has 156 valence electrons. The lowest BCUT2D eigenvalue weighted by Crippen LogP contribution is -2.29.